The highest BCUT2D eigenvalue weighted by Crippen LogP contribution is 2.33. The predicted octanol–water partition coefficient (Wildman–Crippen LogP) is 0.552. The molecule has 2 amide bonds. The van der Waals surface area contributed by atoms with Gasteiger partial charge in [-0.25, -0.2) is 0 Å². The quantitative estimate of drug-likeness (QED) is 0.755. The van der Waals surface area contributed by atoms with Crippen LogP contribution in [0.3, 0.4) is 0 Å². The van der Waals surface area contributed by atoms with E-state index in [0.29, 0.717) is 19.0 Å². The Hall–Kier alpha value is -1.10. The normalized spacial score (nSPS) is 28.2. The Labute approximate surface area is 120 Å². The molecule has 5 nitrogen and oxygen atoms in total. The van der Waals surface area contributed by atoms with Gasteiger partial charge in [0.2, 0.25) is 11.8 Å². The van der Waals surface area contributed by atoms with E-state index in [0.717, 1.165) is 45.6 Å². The number of rotatable bonds is 4. The Bertz CT molecular complexity index is 387. The first-order valence-electron chi connectivity index (χ1n) is 7.99. The molecule has 1 atom stereocenters. The van der Waals surface area contributed by atoms with E-state index in [9.17, 15) is 9.59 Å². The van der Waals surface area contributed by atoms with Crippen molar-refractivity contribution < 1.29 is 9.59 Å². The van der Waals surface area contributed by atoms with Gasteiger partial charge in [-0.05, 0) is 25.8 Å². The molecule has 2 saturated heterocycles. The standard InChI is InChI=1S/C15H25N3O2/c1-2-5-16-6-8-17(9-7-16)15(20)12-10-14(19)18(11-12)13-3-4-13/h12-13H,2-11H2,1H3. The van der Waals surface area contributed by atoms with Crippen LogP contribution in [0.1, 0.15) is 32.6 Å². The van der Waals surface area contributed by atoms with E-state index in [2.05, 4.69) is 11.8 Å². The number of carbonyl (C=O) groups is 2. The van der Waals surface area contributed by atoms with Gasteiger partial charge < -0.3 is 9.80 Å². The third-order valence-corrected chi connectivity index (χ3v) is 4.72. The molecule has 3 fully saturated rings. The van der Waals surface area contributed by atoms with Gasteiger partial charge in [0.25, 0.3) is 0 Å². The van der Waals surface area contributed by atoms with E-state index in [1.165, 1.54) is 6.42 Å². The molecule has 20 heavy (non-hydrogen) atoms. The zero-order valence-electron chi connectivity index (χ0n) is 12.4. The average molecular weight is 279 g/mol. The Balaban J connectivity index is 1.51. The third kappa shape index (κ3) is 2.82. The molecule has 1 aliphatic carbocycles. The van der Waals surface area contributed by atoms with Crippen LogP contribution in [0.25, 0.3) is 0 Å². The highest BCUT2D eigenvalue weighted by atomic mass is 16.2. The maximum absolute atomic E-state index is 12.5. The van der Waals surface area contributed by atoms with Crippen LogP contribution >= 0.6 is 0 Å². The van der Waals surface area contributed by atoms with Gasteiger partial charge in [-0.1, -0.05) is 6.92 Å². The Morgan fingerprint density at radius 3 is 2.50 bits per heavy atom. The first kappa shape index (κ1) is 13.9. The second-order valence-electron chi connectivity index (χ2n) is 6.35. The molecule has 112 valence electrons. The summed E-state index contributed by atoms with van der Waals surface area (Å²) in [5.41, 5.74) is 0. The Kier molecular flexibility index (Phi) is 3.96. The molecule has 0 radical (unpaired) electrons. The van der Waals surface area contributed by atoms with Gasteiger partial charge in [-0.2, -0.15) is 0 Å². The molecule has 0 aromatic heterocycles. The second-order valence-corrected chi connectivity index (χ2v) is 6.35. The van der Waals surface area contributed by atoms with Crippen molar-refractivity contribution in [3.63, 3.8) is 0 Å². The van der Waals surface area contributed by atoms with Crippen molar-refractivity contribution >= 4 is 11.8 Å². The Morgan fingerprint density at radius 2 is 1.90 bits per heavy atom. The zero-order chi connectivity index (χ0) is 14.1. The van der Waals surface area contributed by atoms with Crippen LogP contribution in [0.2, 0.25) is 0 Å². The molecular weight excluding hydrogens is 254 g/mol. The van der Waals surface area contributed by atoms with Gasteiger partial charge in [0.05, 0.1) is 5.92 Å². The van der Waals surface area contributed by atoms with Gasteiger partial charge in [-0.15, -0.1) is 0 Å². The van der Waals surface area contributed by atoms with Crippen LogP contribution in [-0.2, 0) is 9.59 Å². The van der Waals surface area contributed by atoms with Crippen LogP contribution in [0.4, 0.5) is 0 Å². The summed E-state index contributed by atoms with van der Waals surface area (Å²) < 4.78 is 0. The second kappa shape index (κ2) is 5.72. The van der Waals surface area contributed by atoms with E-state index in [-0.39, 0.29) is 17.7 Å². The van der Waals surface area contributed by atoms with Gasteiger partial charge in [0.15, 0.2) is 0 Å². The SMILES string of the molecule is CCCN1CCN(C(=O)C2CC(=O)N(C3CC3)C2)CC1. The average Bonchev–Trinajstić information content (AvgIpc) is 3.22. The zero-order valence-corrected chi connectivity index (χ0v) is 12.4. The molecule has 0 N–H and O–H groups in total. The van der Waals surface area contributed by atoms with Gasteiger partial charge in [-0.3, -0.25) is 14.5 Å². The monoisotopic (exact) mass is 279 g/mol. The summed E-state index contributed by atoms with van der Waals surface area (Å²) in [5, 5.41) is 0. The molecule has 3 aliphatic rings. The van der Waals surface area contributed by atoms with Crippen LogP contribution in [0.5, 0.6) is 0 Å². The fourth-order valence-corrected chi connectivity index (χ4v) is 3.40. The molecule has 2 heterocycles. The first-order valence-corrected chi connectivity index (χ1v) is 7.99. The highest BCUT2D eigenvalue weighted by Gasteiger charge is 2.43. The minimum absolute atomic E-state index is 0.0826. The van der Waals surface area contributed by atoms with E-state index >= 15 is 0 Å². The first-order chi connectivity index (χ1) is 9.69. The van der Waals surface area contributed by atoms with Gasteiger partial charge in [0.1, 0.15) is 0 Å². The summed E-state index contributed by atoms with van der Waals surface area (Å²) in [5.74, 6) is 0.314. The maximum Gasteiger partial charge on any atom is 0.228 e. The molecule has 1 unspecified atom stereocenters. The lowest BCUT2D eigenvalue weighted by Gasteiger charge is -2.35. The minimum Gasteiger partial charge on any atom is -0.340 e. The smallest absolute Gasteiger partial charge is 0.228 e. The molecule has 5 heteroatoms. The summed E-state index contributed by atoms with van der Waals surface area (Å²) in [4.78, 5) is 30.8. The van der Waals surface area contributed by atoms with Gasteiger partial charge in [0, 0.05) is 45.2 Å². The summed E-state index contributed by atoms with van der Waals surface area (Å²) in [6.07, 6.45) is 3.86. The molecule has 3 rings (SSSR count). The van der Waals surface area contributed by atoms with Crippen molar-refractivity contribution in [1.29, 1.82) is 0 Å². The van der Waals surface area contributed by atoms with Crippen molar-refractivity contribution in [3.8, 4) is 0 Å². The number of hydrogen-bond acceptors (Lipinski definition) is 3. The maximum atomic E-state index is 12.5. The number of nitrogens with zero attached hydrogens (tertiary/aromatic N) is 3. The molecule has 2 aliphatic heterocycles. The minimum atomic E-state index is -0.0826. The van der Waals surface area contributed by atoms with Crippen molar-refractivity contribution in [1.82, 2.24) is 14.7 Å². The lowest BCUT2D eigenvalue weighted by Crippen LogP contribution is -2.50. The molecular formula is C15H25N3O2. The summed E-state index contributed by atoms with van der Waals surface area (Å²) in [6, 6.07) is 0.446. The number of hydrogen-bond donors (Lipinski definition) is 0. The van der Waals surface area contributed by atoms with Crippen molar-refractivity contribution in [2.24, 2.45) is 5.92 Å². The molecule has 0 aromatic rings. The fourth-order valence-electron chi connectivity index (χ4n) is 3.40. The number of amides is 2. The fraction of sp³-hybridized carbons (Fsp3) is 0.867. The largest absolute Gasteiger partial charge is 0.340 e. The lowest BCUT2D eigenvalue weighted by molar-refractivity contribution is -0.137. The van der Waals surface area contributed by atoms with E-state index in [4.69, 9.17) is 0 Å². The summed E-state index contributed by atoms with van der Waals surface area (Å²) >= 11 is 0. The van der Waals surface area contributed by atoms with Crippen molar-refractivity contribution in [2.45, 2.75) is 38.6 Å². The molecule has 1 saturated carbocycles. The topological polar surface area (TPSA) is 43.9 Å². The van der Waals surface area contributed by atoms with E-state index in [1.54, 1.807) is 0 Å². The van der Waals surface area contributed by atoms with Crippen molar-refractivity contribution in [2.75, 3.05) is 39.3 Å². The van der Waals surface area contributed by atoms with Crippen LogP contribution in [0.15, 0.2) is 0 Å². The molecule has 0 aromatic carbocycles. The summed E-state index contributed by atoms with van der Waals surface area (Å²) in [6.45, 7) is 7.59. The third-order valence-electron chi connectivity index (χ3n) is 4.72. The van der Waals surface area contributed by atoms with Crippen LogP contribution < -0.4 is 0 Å². The lowest BCUT2D eigenvalue weighted by atomic mass is 10.1. The van der Waals surface area contributed by atoms with Gasteiger partial charge >= 0.3 is 0 Å². The molecule has 0 bridgehead atoms. The summed E-state index contributed by atoms with van der Waals surface area (Å²) in [7, 11) is 0. The highest BCUT2D eigenvalue weighted by molar-refractivity contribution is 5.89. The Morgan fingerprint density at radius 1 is 1.20 bits per heavy atom. The number of piperazine rings is 1. The van der Waals surface area contributed by atoms with E-state index < -0.39 is 0 Å². The van der Waals surface area contributed by atoms with E-state index in [1.807, 2.05) is 9.80 Å². The van der Waals surface area contributed by atoms with Crippen molar-refractivity contribution in [3.05, 3.63) is 0 Å². The number of likely N-dealkylation sites (tertiary alicyclic amines) is 1. The van der Waals surface area contributed by atoms with Crippen LogP contribution in [-0.4, -0.2) is 71.8 Å². The predicted molar refractivity (Wildman–Crippen MR) is 76.2 cm³/mol. The van der Waals surface area contributed by atoms with Crippen LogP contribution in [0, 0.1) is 5.92 Å². The molecule has 0 spiro atoms. The number of carbonyl (C=O) groups excluding carboxylic acids is 2.